The van der Waals surface area contributed by atoms with Crippen molar-refractivity contribution in [2.24, 2.45) is 5.73 Å². The molecule has 1 aromatic carbocycles. The smallest absolute Gasteiger partial charge is 0.0417 e. The lowest BCUT2D eigenvalue weighted by Crippen LogP contribution is -2.28. The van der Waals surface area contributed by atoms with Gasteiger partial charge in [0.2, 0.25) is 0 Å². The second-order valence-electron chi connectivity index (χ2n) is 4.05. The number of nitrogens with zero attached hydrogens (tertiary/aromatic N) is 1. The molecule has 80 valence electrons. The average Bonchev–Trinajstić information content (AvgIpc) is 2.30. The van der Waals surface area contributed by atoms with E-state index in [0.29, 0.717) is 0 Å². The van der Waals surface area contributed by atoms with E-state index in [2.05, 4.69) is 41.3 Å². The zero-order valence-corrected chi connectivity index (χ0v) is 9.19. The number of rotatable bonds is 2. The molecule has 0 bridgehead atoms. The molecule has 0 fully saturated rings. The number of benzene rings is 1. The number of anilines is 1. The van der Waals surface area contributed by atoms with Crippen LogP contribution in [-0.2, 0) is 0 Å². The summed E-state index contributed by atoms with van der Waals surface area (Å²) in [6, 6.07) is 8.53. The Bertz CT molecular complexity index is 355. The lowest BCUT2D eigenvalue weighted by molar-refractivity contribution is 0.776. The van der Waals surface area contributed by atoms with E-state index in [0.717, 1.165) is 19.5 Å². The maximum atomic E-state index is 5.98. The van der Waals surface area contributed by atoms with Crippen molar-refractivity contribution in [2.75, 3.05) is 18.0 Å². The van der Waals surface area contributed by atoms with Crippen molar-refractivity contribution in [1.82, 2.24) is 0 Å². The van der Waals surface area contributed by atoms with Crippen molar-refractivity contribution in [2.45, 2.75) is 19.4 Å². The summed E-state index contributed by atoms with van der Waals surface area (Å²) in [6.07, 6.45) is 5.60. The summed E-state index contributed by atoms with van der Waals surface area (Å²) in [5.41, 5.74) is 8.51. The third kappa shape index (κ3) is 2.21. The molecule has 2 nitrogen and oxygen atoms in total. The van der Waals surface area contributed by atoms with Crippen LogP contribution in [-0.4, -0.2) is 13.1 Å². The van der Waals surface area contributed by atoms with Crippen LogP contribution in [0.25, 0.3) is 0 Å². The topological polar surface area (TPSA) is 29.3 Å². The highest BCUT2D eigenvalue weighted by atomic mass is 15.1. The fourth-order valence-electron chi connectivity index (χ4n) is 2.02. The lowest BCUT2D eigenvalue weighted by Gasteiger charge is -2.28. The van der Waals surface area contributed by atoms with E-state index in [4.69, 9.17) is 5.73 Å². The summed E-state index contributed by atoms with van der Waals surface area (Å²) in [6.45, 7) is 4.14. The van der Waals surface area contributed by atoms with Crippen molar-refractivity contribution >= 4 is 5.69 Å². The first-order chi connectivity index (χ1) is 7.29. The van der Waals surface area contributed by atoms with E-state index < -0.39 is 0 Å². The van der Waals surface area contributed by atoms with Crippen molar-refractivity contribution in [3.63, 3.8) is 0 Å². The van der Waals surface area contributed by atoms with Crippen LogP contribution < -0.4 is 10.6 Å². The quantitative estimate of drug-likeness (QED) is 0.746. The van der Waals surface area contributed by atoms with Crippen LogP contribution in [0.2, 0.25) is 0 Å². The predicted octanol–water partition coefficient (Wildman–Crippen LogP) is 2.47. The minimum atomic E-state index is 0.104. The van der Waals surface area contributed by atoms with Gasteiger partial charge in [0.05, 0.1) is 0 Å². The summed E-state index contributed by atoms with van der Waals surface area (Å²) < 4.78 is 0. The molecule has 0 saturated carbocycles. The van der Waals surface area contributed by atoms with Crippen LogP contribution in [0.5, 0.6) is 0 Å². The average molecular weight is 202 g/mol. The van der Waals surface area contributed by atoms with Gasteiger partial charge in [-0.3, -0.25) is 0 Å². The summed E-state index contributed by atoms with van der Waals surface area (Å²) >= 11 is 0. The first-order valence-electron chi connectivity index (χ1n) is 5.53. The fourth-order valence-corrected chi connectivity index (χ4v) is 2.02. The maximum Gasteiger partial charge on any atom is 0.0417 e. The number of para-hydroxylation sites is 1. The van der Waals surface area contributed by atoms with Crippen LogP contribution in [0.4, 0.5) is 5.69 Å². The molecule has 0 radical (unpaired) electrons. The van der Waals surface area contributed by atoms with Crippen LogP contribution >= 0.6 is 0 Å². The molecule has 0 unspecified atom stereocenters. The molecule has 0 spiro atoms. The predicted molar refractivity (Wildman–Crippen MR) is 65.0 cm³/mol. The molecule has 0 saturated heterocycles. The molecule has 1 aromatic rings. The Kier molecular flexibility index (Phi) is 3.07. The van der Waals surface area contributed by atoms with Crippen LogP contribution in [0.1, 0.15) is 24.9 Å². The molecular formula is C13H18N2. The van der Waals surface area contributed by atoms with Crippen LogP contribution in [0.15, 0.2) is 36.4 Å². The van der Waals surface area contributed by atoms with Crippen LogP contribution in [0.3, 0.4) is 0 Å². The number of hydrogen-bond acceptors (Lipinski definition) is 2. The van der Waals surface area contributed by atoms with Gasteiger partial charge in [0.15, 0.2) is 0 Å². The van der Waals surface area contributed by atoms with Crippen molar-refractivity contribution in [3.05, 3.63) is 42.0 Å². The van der Waals surface area contributed by atoms with Crippen LogP contribution in [0, 0.1) is 0 Å². The summed E-state index contributed by atoms with van der Waals surface area (Å²) in [5, 5.41) is 0. The Morgan fingerprint density at radius 3 is 2.73 bits per heavy atom. The molecule has 0 aromatic heterocycles. The van der Waals surface area contributed by atoms with Gasteiger partial charge < -0.3 is 10.6 Å². The van der Waals surface area contributed by atoms with Gasteiger partial charge in [-0.1, -0.05) is 30.4 Å². The van der Waals surface area contributed by atoms with Crippen molar-refractivity contribution in [3.8, 4) is 0 Å². The Morgan fingerprint density at radius 2 is 2.07 bits per heavy atom. The Balaban J connectivity index is 2.30. The van der Waals surface area contributed by atoms with Gasteiger partial charge in [-0.15, -0.1) is 0 Å². The van der Waals surface area contributed by atoms with Gasteiger partial charge >= 0.3 is 0 Å². The first-order valence-corrected chi connectivity index (χ1v) is 5.53. The van der Waals surface area contributed by atoms with E-state index in [1.807, 2.05) is 6.92 Å². The highest BCUT2D eigenvalue weighted by Crippen LogP contribution is 2.26. The van der Waals surface area contributed by atoms with Gasteiger partial charge in [0.25, 0.3) is 0 Å². The number of hydrogen-bond donors (Lipinski definition) is 1. The second-order valence-corrected chi connectivity index (χ2v) is 4.05. The molecule has 2 rings (SSSR count). The monoisotopic (exact) mass is 202 g/mol. The molecule has 0 amide bonds. The van der Waals surface area contributed by atoms with Gasteiger partial charge in [-0.2, -0.15) is 0 Å². The maximum absolute atomic E-state index is 5.98. The standard InChI is InChI=1S/C13H18N2/c1-11(14)12-7-3-4-8-13(12)15-9-5-2-6-10-15/h2-5,7-8,11H,6,9-10,14H2,1H3/t11-/m0/s1. The molecule has 1 heterocycles. The molecule has 2 heteroatoms. The fraction of sp³-hybridized carbons (Fsp3) is 0.385. The van der Waals surface area contributed by atoms with E-state index in [-0.39, 0.29) is 6.04 Å². The summed E-state index contributed by atoms with van der Waals surface area (Å²) in [7, 11) is 0. The highest BCUT2D eigenvalue weighted by molar-refractivity contribution is 5.55. The van der Waals surface area contributed by atoms with Crippen molar-refractivity contribution < 1.29 is 0 Å². The summed E-state index contributed by atoms with van der Waals surface area (Å²) in [5.74, 6) is 0. The molecule has 1 aliphatic rings. The van der Waals surface area contributed by atoms with Gasteiger partial charge in [0.1, 0.15) is 0 Å². The SMILES string of the molecule is C[C@H](N)c1ccccc1N1CC=CCC1. The van der Waals surface area contributed by atoms with E-state index >= 15 is 0 Å². The van der Waals surface area contributed by atoms with Gasteiger partial charge in [-0.25, -0.2) is 0 Å². The molecule has 15 heavy (non-hydrogen) atoms. The minimum Gasteiger partial charge on any atom is -0.367 e. The summed E-state index contributed by atoms with van der Waals surface area (Å²) in [4.78, 5) is 2.39. The van der Waals surface area contributed by atoms with Gasteiger partial charge in [0, 0.05) is 24.8 Å². The Labute approximate surface area is 91.4 Å². The van der Waals surface area contributed by atoms with E-state index in [9.17, 15) is 0 Å². The highest BCUT2D eigenvalue weighted by Gasteiger charge is 2.12. The minimum absolute atomic E-state index is 0.104. The number of nitrogens with two attached hydrogens (primary N) is 1. The molecule has 0 aliphatic carbocycles. The van der Waals surface area contributed by atoms with Gasteiger partial charge in [-0.05, 0) is 25.0 Å². The zero-order valence-electron chi connectivity index (χ0n) is 9.19. The third-order valence-corrected chi connectivity index (χ3v) is 2.83. The largest absolute Gasteiger partial charge is 0.367 e. The first kappa shape index (κ1) is 10.2. The molecular weight excluding hydrogens is 184 g/mol. The Morgan fingerprint density at radius 1 is 1.27 bits per heavy atom. The normalized spacial score (nSPS) is 17.9. The molecule has 2 N–H and O–H groups in total. The van der Waals surface area contributed by atoms with E-state index in [1.165, 1.54) is 11.3 Å². The lowest BCUT2D eigenvalue weighted by atomic mass is 10.0. The second kappa shape index (κ2) is 4.49. The van der Waals surface area contributed by atoms with Crippen molar-refractivity contribution in [1.29, 1.82) is 0 Å². The molecule has 1 atom stereocenters. The molecule has 1 aliphatic heterocycles. The Hall–Kier alpha value is -1.28. The third-order valence-electron chi connectivity index (χ3n) is 2.83. The zero-order chi connectivity index (χ0) is 10.7. The van der Waals surface area contributed by atoms with E-state index in [1.54, 1.807) is 0 Å².